The summed E-state index contributed by atoms with van der Waals surface area (Å²) in [5, 5.41) is -0.279. The quantitative estimate of drug-likeness (QED) is 0.532. The van der Waals surface area contributed by atoms with Crippen LogP contribution in [0.25, 0.3) is 6.08 Å². The van der Waals surface area contributed by atoms with E-state index in [2.05, 4.69) is 15.9 Å². The van der Waals surface area contributed by atoms with Gasteiger partial charge in [-0.05, 0) is 61.0 Å². The van der Waals surface area contributed by atoms with Crippen molar-refractivity contribution >= 4 is 44.9 Å². The van der Waals surface area contributed by atoms with Crippen LogP contribution in [0.1, 0.15) is 25.0 Å². The van der Waals surface area contributed by atoms with Crippen molar-refractivity contribution in [2.24, 2.45) is 0 Å². The lowest BCUT2D eigenvalue weighted by molar-refractivity contribution is -0.123. The van der Waals surface area contributed by atoms with E-state index in [1.807, 2.05) is 44.2 Å². The van der Waals surface area contributed by atoms with Crippen LogP contribution in [0.4, 0.5) is 4.79 Å². The molecule has 3 rings (SSSR count). The highest BCUT2D eigenvalue weighted by Crippen LogP contribution is 2.36. The predicted molar refractivity (Wildman–Crippen MR) is 114 cm³/mol. The van der Waals surface area contributed by atoms with Crippen LogP contribution in [-0.2, 0) is 11.3 Å². The molecule has 28 heavy (non-hydrogen) atoms. The molecule has 1 aliphatic heterocycles. The van der Waals surface area contributed by atoms with Crippen molar-refractivity contribution in [1.82, 2.24) is 4.90 Å². The van der Waals surface area contributed by atoms with Crippen molar-refractivity contribution in [3.8, 4) is 11.5 Å². The minimum Gasteiger partial charge on any atom is -0.493 e. The van der Waals surface area contributed by atoms with E-state index in [0.717, 1.165) is 27.4 Å². The second-order valence-corrected chi connectivity index (χ2v) is 8.28. The molecule has 0 saturated carbocycles. The normalized spacial score (nSPS) is 15.6. The van der Waals surface area contributed by atoms with Crippen molar-refractivity contribution in [3.05, 3.63) is 63.0 Å². The molecule has 0 aromatic heterocycles. The maximum atomic E-state index is 12.7. The second kappa shape index (κ2) is 8.84. The van der Waals surface area contributed by atoms with Crippen molar-refractivity contribution in [2.75, 3.05) is 7.11 Å². The maximum absolute atomic E-state index is 12.7. The summed E-state index contributed by atoms with van der Waals surface area (Å²) in [6.45, 7) is 4.11. The van der Waals surface area contributed by atoms with E-state index in [1.54, 1.807) is 25.3 Å². The van der Waals surface area contributed by atoms with Crippen LogP contribution in [0.2, 0.25) is 0 Å². The summed E-state index contributed by atoms with van der Waals surface area (Å²) in [7, 11) is 1.57. The van der Waals surface area contributed by atoms with Gasteiger partial charge >= 0.3 is 0 Å². The van der Waals surface area contributed by atoms with E-state index in [9.17, 15) is 9.59 Å². The predicted octanol–water partition coefficient (Wildman–Crippen LogP) is 5.48. The molecule has 2 amide bonds. The molecule has 0 spiro atoms. The number of carbonyl (C=O) groups excluding carboxylic acids is 2. The summed E-state index contributed by atoms with van der Waals surface area (Å²) in [5.41, 5.74) is 1.64. The Morgan fingerprint density at radius 3 is 2.57 bits per heavy atom. The van der Waals surface area contributed by atoms with Crippen LogP contribution in [-0.4, -0.2) is 29.3 Å². The highest BCUT2D eigenvalue weighted by molar-refractivity contribution is 9.10. The molecule has 0 radical (unpaired) electrons. The summed E-state index contributed by atoms with van der Waals surface area (Å²) in [5.74, 6) is 0.916. The Kier molecular flexibility index (Phi) is 6.46. The molecule has 0 unspecified atom stereocenters. The number of rotatable bonds is 6. The lowest BCUT2D eigenvalue weighted by Crippen LogP contribution is -2.27. The number of carbonyl (C=O) groups is 2. The standard InChI is InChI=1S/C21H20BrNO4S/c1-13(2)27-17-9-8-14(10-18(17)26-3)11-19-20(24)23(21(25)28-19)12-15-6-4-5-7-16(15)22/h4-11,13H,12H2,1-3H3/b19-11-. The largest absolute Gasteiger partial charge is 0.493 e. The molecule has 5 nitrogen and oxygen atoms in total. The fourth-order valence-corrected chi connectivity index (χ4v) is 3.96. The number of imide groups is 1. The third-order valence-electron chi connectivity index (χ3n) is 4.01. The Labute approximate surface area is 176 Å². The van der Waals surface area contributed by atoms with Gasteiger partial charge in [-0.25, -0.2) is 0 Å². The number of amides is 2. The van der Waals surface area contributed by atoms with E-state index >= 15 is 0 Å². The Hall–Kier alpha value is -2.25. The van der Waals surface area contributed by atoms with Gasteiger partial charge in [-0.1, -0.05) is 40.2 Å². The molecule has 2 aromatic rings. The summed E-state index contributed by atoms with van der Waals surface area (Å²) < 4.78 is 12.0. The Morgan fingerprint density at radius 1 is 1.14 bits per heavy atom. The summed E-state index contributed by atoms with van der Waals surface area (Å²) in [6.07, 6.45) is 1.72. The number of hydrogen-bond donors (Lipinski definition) is 0. The van der Waals surface area contributed by atoms with Gasteiger partial charge in [0.15, 0.2) is 11.5 Å². The van der Waals surface area contributed by atoms with Crippen molar-refractivity contribution in [3.63, 3.8) is 0 Å². The first-order valence-electron chi connectivity index (χ1n) is 8.72. The average molecular weight is 462 g/mol. The van der Waals surface area contributed by atoms with Crippen LogP contribution in [0.15, 0.2) is 51.8 Å². The van der Waals surface area contributed by atoms with E-state index in [0.29, 0.717) is 16.4 Å². The van der Waals surface area contributed by atoms with Crippen LogP contribution in [0.3, 0.4) is 0 Å². The number of thioether (sulfide) groups is 1. The Bertz CT molecular complexity index is 942. The number of methoxy groups -OCH3 is 1. The molecule has 7 heteroatoms. The monoisotopic (exact) mass is 461 g/mol. The number of benzene rings is 2. The smallest absolute Gasteiger partial charge is 0.293 e. The molecule has 1 fully saturated rings. The van der Waals surface area contributed by atoms with E-state index in [4.69, 9.17) is 9.47 Å². The van der Waals surface area contributed by atoms with Gasteiger partial charge in [0.25, 0.3) is 11.1 Å². The fraction of sp³-hybridized carbons (Fsp3) is 0.238. The molecular formula is C21H20BrNO4S. The highest BCUT2D eigenvalue weighted by atomic mass is 79.9. The first-order chi connectivity index (χ1) is 13.4. The maximum Gasteiger partial charge on any atom is 0.293 e. The lowest BCUT2D eigenvalue weighted by atomic mass is 10.1. The van der Waals surface area contributed by atoms with Gasteiger partial charge in [0, 0.05) is 4.47 Å². The molecule has 0 aliphatic carbocycles. The topological polar surface area (TPSA) is 55.8 Å². The molecule has 0 atom stereocenters. The Balaban J connectivity index is 1.82. The third-order valence-corrected chi connectivity index (χ3v) is 5.69. The fourth-order valence-electron chi connectivity index (χ4n) is 2.71. The minimum absolute atomic E-state index is 0.0218. The van der Waals surface area contributed by atoms with E-state index < -0.39 is 0 Å². The molecular weight excluding hydrogens is 442 g/mol. The van der Waals surface area contributed by atoms with E-state index in [1.165, 1.54) is 4.90 Å². The van der Waals surface area contributed by atoms with Gasteiger partial charge in [-0.3, -0.25) is 14.5 Å². The molecule has 2 aromatic carbocycles. The lowest BCUT2D eigenvalue weighted by Gasteiger charge is -2.14. The zero-order valence-electron chi connectivity index (χ0n) is 15.8. The molecule has 146 valence electrons. The van der Waals surface area contributed by atoms with Gasteiger partial charge in [-0.15, -0.1) is 0 Å². The zero-order valence-corrected chi connectivity index (χ0v) is 18.2. The van der Waals surface area contributed by atoms with Crippen molar-refractivity contribution < 1.29 is 19.1 Å². The molecule has 1 heterocycles. The van der Waals surface area contributed by atoms with Crippen LogP contribution in [0.5, 0.6) is 11.5 Å². The van der Waals surface area contributed by atoms with Crippen LogP contribution < -0.4 is 9.47 Å². The first-order valence-corrected chi connectivity index (χ1v) is 10.3. The second-order valence-electron chi connectivity index (χ2n) is 6.44. The first kappa shape index (κ1) is 20.5. The van der Waals surface area contributed by atoms with E-state index in [-0.39, 0.29) is 23.8 Å². The van der Waals surface area contributed by atoms with Gasteiger partial charge < -0.3 is 9.47 Å². The Morgan fingerprint density at radius 2 is 1.89 bits per heavy atom. The van der Waals surface area contributed by atoms with Crippen molar-refractivity contribution in [2.45, 2.75) is 26.5 Å². The van der Waals surface area contributed by atoms with Gasteiger partial charge in [0.2, 0.25) is 0 Å². The zero-order chi connectivity index (χ0) is 20.3. The molecule has 0 N–H and O–H groups in total. The summed E-state index contributed by atoms with van der Waals surface area (Å²) in [6, 6.07) is 13.0. The molecule has 0 bridgehead atoms. The highest BCUT2D eigenvalue weighted by Gasteiger charge is 2.35. The summed E-state index contributed by atoms with van der Waals surface area (Å²) >= 11 is 4.40. The molecule has 1 saturated heterocycles. The SMILES string of the molecule is COc1cc(/C=C2\SC(=O)N(Cc3ccccc3Br)C2=O)ccc1OC(C)C. The average Bonchev–Trinajstić information content (AvgIpc) is 2.91. The number of ether oxygens (including phenoxy) is 2. The number of nitrogens with zero attached hydrogens (tertiary/aromatic N) is 1. The molecule has 1 aliphatic rings. The van der Waals surface area contributed by atoms with Crippen LogP contribution in [0, 0.1) is 0 Å². The van der Waals surface area contributed by atoms with Crippen molar-refractivity contribution in [1.29, 1.82) is 0 Å². The number of halogens is 1. The number of hydrogen-bond acceptors (Lipinski definition) is 5. The minimum atomic E-state index is -0.299. The summed E-state index contributed by atoms with van der Waals surface area (Å²) in [4.78, 5) is 26.8. The van der Waals surface area contributed by atoms with Gasteiger partial charge in [0.05, 0.1) is 24.7 Å². The third kappa shape index (κ3) is 4.59. The van der Waals surface area contributed by atoms with Gasteiger partial charge in [-0.2, -0.15) is 0 Å². The van der Waals surface area contributed by atoms with Crippen LogP contribution >= 0.6 is 27.7 Å². The van der Waals surface area contributed by atoms with Gasteiger partial charge in [0.1, 0.15) is 0 Å².